The van der Waals surface area contributed by atoms with E-state index >= 15 is 0 Å². The smallest absolute Gasteiger partial charge is 0.135 e. The van der Waals surface area contributed by atoms with Gasteiger partial charge in [0.2, 0.25) is 0 Å². The van der Waals surface area contributed by atoms with Crippen molar-refractivity contribution in [2.24, 2.45) is 0 Å². The molecule has 0 fully saturated rings. The number of hydrogen-bond donors (Lipinski definition) is 2. The van der Waals surface area contributed by atoms with E-state index in [0.717, 1.165) is 35.9 Å². The zero-order chi connectivity index (χ0) is 15.2. The number of rotatable bonds is 7. The van der Waals surface area contributed by atoms with Gasteiger partial charge in [0.15, 0.2) is 0 Å². The van der Waals surface area contributed by atoms with Gasteiger partial charge in [-0.1, -0.05) is 13.8 Å². The third kappa shape index (κ3) is 3.97. The van der Waals surface area contributed by atoms with E-state index in [0.29, 0.717) is 5.92 Å². The zero-order valence-corrected chi connectivity index (χ0v) is 13.2. The van der Waals surface area contributed by atoms with Crippen molar-refractivity contribution in [1.82, 2.24) is 9.97 Å². The highest BCUT2D eigenvalue weighted by Crippen LogP contribution is 2.28. The molecule has 0 radical (unpaired) electrons. The molecule has 2 aromatic rings. The quantitative estimate of drug-likeness (QED) is 0.814. The van der Waals surface area contributed by atoms with Gasteiger partial charge in [-0.3, -0.25) is 0 Å². The second-order valence-electron chi connectivity index (χ2n) is 5.50. The molecule has 0 bridgehead atoms. The molecule has 0 spiro atoms. The highest BCUT2D eigenvalue weighted by molar-refractivity contribution is 5.59. The molecule has 2 rings (SSSR count). The molecule has 2 N–H and O–H groups in total. The summed E-state index contributed by atoms with van der Waals surface area (Å²) >= 11 is 0. The SMILES string of the molecule is CCNc1ncnc(NC(C)Cc2ccco2)c1C(C)C. The monoisotopic (exact) mass is 288 g/mol. The Balaban J connectivity index is 2.16. The largest absolute Gasteiger partial charge is 0.469 e. The lowest BCUT2D eigenvalue weighted by atomic mass is 10.0. The third-order valence-electron chi connectivity index (χ3n) is 3.28. The molecule has 1 unspecified atom stereocenters. The van der Waals surface area contributed by atoms with Gasteiger partial charge in [-0.05, 0) is 31.9 Å². The molecular formula is C16H24N4O. The maximum absolute atomic E-state index is 5.40. The molecule has 0 aliphatic carbocycles. The molecule has 114 valence electrons. The number of anilines is 2. The molecule has 2 heterocycles. The molecule has 2 aromatic heterocycles. The predicted molar refractivity (Wildman–Crippen MR) is 85.8 cm³/mol. The molecule has 0 amide bonds. The summed E-state index contributed by atoms with van der Waals surface area (Å²) in [7, 11) is 0. The fraction of sp³-hybridized carbons (Fsp3) is 0.500. The van der Waals surface area contributed by atoms with Crippen molar-refractivity contribution in [2.45, 2.75) is 46.1 Å². The second kappa shape index (κ2) is 7.11. The Hall–Kier alpha value is -2.04. The normalized spacial score (nSPS) is 12.4. The van der Waals surface area contributed by atoms with Crippen LogP contribution in [0.15, 0.2) is 29.1 Å². The van der Waals surface area contributed by atoms with Crippen LogP contribution in [0.2, 0.25) is 0 Å². The summed E-state index contributed by atoms with van der Waals surface area (Å²) in [6, 6.07) is 4.14. The van der Waals surface area contributed by atoms with Crippen LogP contribution in [0.5, 0.6) is 0 Å². The van der Waals surface area contributed by atoms with Gasteiger partial charge >= 0.3 is 0 Å². The number of nitrogens with zero attached hydrogens (tertiary/aromatic N) is 2. The molecule has 1 atom stereocenters. The Bertz CT molecular complexity index is 551. The van der Waals surface area contributed by atoms with Crippen LogP contribution in [-0.2, 0) is 6.42 Å². The van der Waals surface area contributed by atoms with E-state index in [1.54, 1.807) is 12.6 Å². The van der Waals surface area contributed by atoms with Gasteiger partial charge in [-0.15, -0.1) is 0 Å². The molecule has 0 aliphatic heterocycles. The van der Waals surface area contributed by atoms with Crippen LogP contribution in [0.25, 0.3) is 0 Å². The van der Waals surface area contributed by atoms with E-state index in [-0.39, 0.29) is 6.04 Å². The Kier molecular flexibility index (Phi) is 5.20. The van der Waals surface area contributed by atoms with Crippen LogP contribution < -0.4 is 10.6 Å². The first-order valence-electron chi connectivity index (χ1n) is 7.49. The highest BCUT2D eigenvalue weighted by atomic mass is 16.3. The number of hydrogen-bond acceptors (Lipinski definition) is 5. The summed E-state index contributed by atoms with van der Waals surface area (Å²) in [6.45, 7) is 9.35. The molecule has 0 aliphatic rings. The van der Waals surface area contributed by atoms with Gasteiger partial charge in [0.1, 0.15) is 23.7 Å². The van der Waals surface area contributed by atoms with E-state index in [1.165, 1.54) is 0 Å². The summed E-state index contributed by atoms with van der Waals surface area (Å²) in [5.41, 5.74) is 1.13. The van der Waals surface area contributed by atoms with E-state index < -0.39 is 0 Å². The Morgan fingerprint density at radius 3 is 2.57 bits per heavy atom. The van der Waals surface area contributed by atoms with Crippen LogP contribution in [0, 0.1) is 0 Å². The Labute approximate surface area is 126 Å². The van der Waals surface area contributed by atoms with Crippen molar-refractivity contribution in [1.29, 1.82) is 0 Å². The zero-order valence-electron chi connectivity index (χ0n) is 13.2. The van der Waals surface area contributed by atoms with Gasteiger partial charge < -0.3 is 15.1 Å². The van der Waals surface area contributed by atoms with Gasteiger partial charge in [-0.25, -0.2) is 9.97 Å². The third-order valence-corrected chi connectivity index (χ3v) is 3.28. The minimum absolute atomic E-state index is 0.234. The molecule has 0 aromatic carbocycles. The lowest BCUT2D eigenvalue weighted by Gasteiger charge is -2.20. The van der Waals surface area contributed by atoms with Crippen LogP contribution in [0.1, 0.15) is 44.9 Å². The molecule has 0 saturated carbocycles. The molecule has 21 heavy (non-hydrogen) atoms. The summed E-state index contributed by atoms with van der Waals surface area (Å²) < 4.78 is 5.40. The van der Waals surface area contributed by atoms with Gasteiger partial charge in [-0.2, -0.15) is 0 Å². The van der Waals surface area contributed by atoms with Crippen molar-refractivity contribution in [2.75, 3.05) is 17.2 Å². The highest BCUT2D eigenvalue weighted by Gasteiger charge is 2.16. The van der Waals surface area contributed by atoms with Crippen molar-refractivity contribution in [3.63, 3.8) is 0 Å². The number of furan rings is 1. The molecule has 0 saturated heterocycles. The van der Waals surface area contributed by atoms with Crippen molar-refractivity contribution in [3.05, 3.63) is 36.0 Å². The van der Waals surface area contributed by atoms with E-state index in [4.69, 9.17) is 4.42 Å². The van der Waals surface area contributed by atoms with Crippen LogP contribution in [0.3, 0.4) is 0 Å². The van der Waals surface area contributed by atoms with Gasteiger partial charge in [0.25, 0.3) is 0 Å². The lowest BCUT2D eigenvalue weighted by Crippen LogP contribution is -2.21. The minimum atomic E-state index is 0.234. The predicted octanol–water partition coefficient (Wildman–Crippen LogP) is 3.67. The van der Waals surface area contributed by atoms with Crippen molar-refractivity contribution >= 4 is 11.6 Å². The van der Waals surface area contributed by atoms with Crippen molar-refractivity contribution < 1.29 is 4.42 Å². The summed E-state index contributed by atoms with van der Waals surface area (Å²) in [6.07, 6.45) is 4.13. The average molecular weight is 288 g/mol. The van der Waals surface area contributed by atoms with E-state index in [1.807, 2.05) is 12.1 Å². The van der Waals surface area contributed by atoms with Crippen LogP contribution >= 0.6 is 0 Å². The Morgan fingerprint density at radius 1 is 1.19 bits per heavy atom. The fourth-order valence-corrected chi connectivity index (χ4v) is 2.38. The Morgan fingerprint density at radius 2 is 1.95 bits per heavy atom. The summed E-state index contributed by atoms with van der Waals surface area (Å²) in [4.78, 5) is 8.77. The lowest BCUT2D eigenvalue weighted by molar-refractivity contribution is 0.497. The van der Waals surface area contributed by atoms with Gasteiger partial charge in [0.05, 0.1) is 6.26 Å². The summed E-state index contributed by atoms with van der Waals surface area (Å²) in [5, 5.41) is 6.78. The summed E-state index contributed by atoms with van der Waals surface area (Å²) in [5.74, 6) is 3.13. The van der Waals surface area contributed by atoms with Crippen LogP contribution in [-0.4, -0.2) is 22.6 Å². The first-order valence-corrected chi connectivity index (χ1v) is 7.49. The standard InChI is InChI=1S/C16H24N4O/c1-5-17-15-14(11(2)3)16(19-10-18-15)20-12(4)9-13-7-6-8-21-13/h6-8,10-12H,5,9H2,1-4H3,(H2,17,18,19,20). The van der Waals surface area contributed by atoms with Crippen molar-refractivity contribution in [3.8, 4) is 0 Å². The molecular weight excluding hydrogens is 264 g/mol. The first-order chi connectivity index (χ1) is 10.1. The van der Waals surface area contributed by atoms with Gasteiger partial charge in [0, 0.05) is 24.6 Å². The van der Waals surface area contributed by atoms with E-state index in [2.05, 4.69) is 48.3 Å². The first kappa shape index (κ1) is 15.4. The topological polar surface area (TPSA) is 63.0 Å². The number of nitrogens with one attached hydrogen (secondary N) is 2. The van der Waals surface area contributed by atoms with E-state index in [9.17, 15) is 0 Å². The molecule has 5 heteroatoms. The molecule has 5 nitrogen and oxygen atoms in total. The number of aromatic nitrogens is 2. The second-order valence-corrected chi connectivity index (χ2v) is 5.50. The average Bonchev–Trinajstić information content (AvgIpc) is 2.91. The van der Waals surface area contributed by atoms with Crippen LogP contribution in [0.4, 0.5) is 11.6 Å². The minimum Gasteiger partial charge on any atom is -0.469 e. The maximum atomic E-state index is 5.40. The maximum Gasteiger partial charge on any atom is 0.135 e. The fourth-order valence-electron chi connectivity index (χ4n) is 2.38.